The number of anilines is 2. The summed E-state index contributed by atoms with van der Waals surface area (Å²) in [5, 5.41) is 13.0. The highest BCUT2D eigenvalue weighted by atomic mass is 16.5. The third-order valence-electron chi connectivity index (χ3n) is 12.0. The number of methoxy groups -OCH3 is 3. The van der Waals surface area contributed by atoms with Gasteiger partial charge in [0.15, 0.2) is 23.0 Å². The maximum atomic E-state index is 14.3. The van der Waals surface area contributed by atoms with Crippen LogP contribution in [0.4, 0.5) is 16.2 Å². The summed E-state index contributed by atoms with van der Waals surface area (Å²) in [7, 11) is 4.38. The van der Waals surface area contributed by atoms with Gasteiger partial charge in [-0.25, -0.2) is 4.79 Å². The Morgan fingerprint density at radius 1 is 0.868 bits per heavy atom. The molecule has 6 heterocycles. The highest BCUT2D eigenvalue weighted by molar-refractivity contribution is 6.15. The van der Waals surface area contributed by atoms with Crippen molar-refractivity contribution in [3.63, 3.8) is 0 Å². The van der Waals surface area contributed by atoms with Crippen LogP contribution in [0, 0.1) is 12.8 Å². The van der Waals surface area contributed by atoms with Crippen molar-refractivity contribution in [2.45, 2.75) is 31.6 Å². The summed E-state index contributed by atoms with van der Waals surface area (Å²) in [4.78, 5) is 68.2. The Balaban J connectivity index is 1.03. The molecule has 1 saturated heterocycles. The van der Waals surface area contributed by atoms with Gasteiger partial charge in [-0.05, 0) is 66.5 Å². The van der Waals surface area contributed by atoms with Gasteiger partial charge in [0.05, 0.1) is 49.4 Å². The van der Waals surface area contributed by atoms with Gasteiger partial charge in [-0.3, -0.25) is 19.3 Å². The zero-order valence-corrected chi connectivity index (χ0v) is 29.4. The molecule has 15 heteroatoms. The fourth-order valence-electron chi connectivity index (χ4n) is 9.75. The fraction of sp³-hybridized carbons (Fsp3) is 0.316. The smallest absolute Gasteiger partial charge is 0.319 e. The number of rotatable bonds is 5. The van der Waals surface area contributed by atoms with Crippen molar-refractivity contribution in [2.75, 3.05) is 50.8 Å². The third-order valence-corrected chi connectivity index (χ3v) is 12.0. The molecule has 2 aromatic carbocycles. The number of likely N-dealkylation sites (tertiary alicyclic amines) is 1. The highest BCUT2D eigenvalue weighted by Gasteiger charge is 2.68. The van der Waals surface area contributed by atoms with Gasteiger partial charge in [0.25, 0.3) is 11.8 Å². The Labute approximate surface area is 301 Å². The SMILES string of the molecule is COc1c2c(c3cc(C(=O)N4CCc5c4c(O)c(OC)c4[nH]c(C(=O)N6C[C@H]7CC78C6=CC(=O)c6[nH]cc(C)c68)cc54)[nH]c3c1OC)CCN2C(N)=O. The molecule has 270 valence electrons. The number of phenolic OH excluding ortho intramolecular Hbond substituents is 1. The minimum atomic E-state index is -0.623. The number of allylic oxidation sites excluding steroid dienone is 2. The highest BCUT2D eigenvalue weighted by Crippen LogP contribution is 2.67. The first-order chi connectivity index (χ1) is 25.5. The number of amides is 4. The number of aromatic amines is 3. The molecule has 0 bridgehead atoms. The van der Waals surface area contributed by atoms with E-state index in [9.17, 15) is 24.3 Å². The number of ether oxygens (including phenoxy) is 3. The molecule has 4 amide bonds. The van der Waals surface area contributed by atoms with Crippen molar-refractivity contribution in [1.82, 2.24) is 19.9 Å². The molecule has 3 aliphatic heterocycles. The number of hydrogen-bond acceptors (Lipinski definition) is 8. The molecule has 1 spiro atoms. The first kappa shape index (κ1) is 31.4. The average Bonchev–Trinajstić information content (AvgIpc) is 3.87. The van der Waals surface area contributed by atoms with Gasteiger partial charge in [-0.1, -0.05) is 0 Å². The lowest BCUT2D eigenvalue weighted by Crippen LogP contribution is -2.34. The topological polar surface area (TPSA) is 199 Å². The molecule has 5 aromatic rings. The number of phenols is 1. The van der Waals surface area contributed by atoms with E-state index < -0.39 is 11.9 Å². The van der Waals surface area contributed by atoms with Gasteiger partial charge in [-0.2, -0.15) is 0 Å². The van der Waals surface area contributed by atoms with Crippen LogP contribution >= 0.6 is 0 Å². The van der Waals surface area contributed by atoms with E-state index in [4.69, 9.17) is 19.9 Å². The van der Waals surface area contributed by atoms with Crippen LogP contribution in [0.5, 0.6) is 23.0 Å². The van der Waals surface area contributed by atoms with Crippen molar-refractivity contribution in [3.05, 3.63) is 69.4 Å². The number of fused-ring (bicyclic) bond motifs is 7. The van der Waals surface area contributed by atoms with Crippen LogP contribution in [-0.4, -0.2) is 89.6 Å². The van der Waals surface area contributed by atoms with Crippen LogP contribution in [-0.2, 0) is 18.3 Å². The van der Waals surface area contributed by atoms with Crippen LogP contribution in [0.15, 0.2) is 30.1 Å². The van der Waals surface area contributed by atoms with Crippen LogP contribution in [0.2, 0.25) is 0 Å². The summed E-state index contributed by atoms with van der Waals surface area (Å²) in [5.41, 5.74) is 12.5. The standard InChI is InChI=1S/C38H35N7O8/c1-15-13-40-28-23(46)11-24-38(25(15)28)12-16(38)14-45(24)36(49)22-9-19-17-5-7-43(29(17)31(47)32(51-2)26(19)41-22)35(48)21-10-20-18-6-8-44(37(39)50)30(18)34(53-4)33(52-3)27(20)42-21/h9-11,13,16,40-42,47H,5-8,12,14H2,1-4H3,(H2,39,50)/t16-,38?/m1/s1. The quantitative estimate of drug-likeness (QED) is 0.179. The molecule has 0 radical (unpaired) electrons. The average molecular weight is 718 g/mol. The zero-order valence-electron chi connectivity index (χ0n) is 29.4. The molecule has 1 unspecified atom stereocenters. The number of carbonyl (C=O) groups is 4. The van der Waals surface area contributed by atoms with Crippen LogP contribution < -0.4 is 29.7 Å². The number of hydrogen-bond donors (Lipinski definition) is 5. The van der Waals surface area contributed by atoms with E-state index in [0.717, 1.165) is 28.8 Å². The van der Waals surface area contributed by atoms with Crippen LogP contribution in [0.25, 0.3) is 21.8 Å². The maximum absolute atomic E-state index is 14.3. The number of carbonyl (C=O) groups excluding carboxylic acids is 4. The Morgan fingerprint density at radius 2 is 1.47 bits per heavy atom. The van der Waals surface area contributed by atoms with Gasteiger partial charge < -0.3 is 49.8 Å². The van der Waals surface area contributed by atoms with Crippen LogP contribution in [0.1, 0.15) is 60.1 Å². The third kappa shape index (κ3) is 3.78. The number of H-pyrrole nitrogens is 3. The summed E-state index contributed by atoms with van der Waals surface area (Å²) in [6.45, 7) is 3.09. The van der Waals surface area contributed by atoms with Crippen molar-refractivity contribution in [1.29, 1.82) is 0 Å². The fourth-order valence-corrected chi connectivity index (χ4v) is 9.75. The number of nitrogens with one attached hydrogen (secondary N) is 3. The lowest BCUT2D eigenvalue weighted by Gasteiger charge is -2.28. The van der Waals surface area contributed by atoms with E-state index in [1.54, 1.807) is 23.1 Å². The van der Waals surface area contributed by atoms with E-state index in [1.165, 1.54) is 31.1 Å². The lowest BCUT2D eigenvalue weighted by atomic mass is 9.83. The van der Waals surface area contributed by atoms with Crippen molar-refractivity contribution < 1.29 is 38.5 Å². The number of aromatic hydroxyl groups is 1. The van der Waals surface area contributed by atoms with E-state index in [0.29, 0.717) is 81.9 Å². The Morgan fingerprint density at radius 3 is 2.11 bits per heavy atom. The van der Waals surface area contributed by atoms with E-state index in [-0.39, 0.29) is 52.5 Å². The minimum Gasteiger partial charge on any atom is -0.503 e. The Bertz CT molecular complexity index is 2590. The monoisotopic (exact) mass is 717 g/mol. The molecule has 10 rings (SSSR count). The summed E-state index contributed by atoms with van der Waals surface area (Å²) in [6.07, 6.45) is 5.24. The number of nitrogens with two attached hydrogens (primary N) is 1. The molecule has 3 aromatic heterocycles. The van der Waals surface area contributed by atoms with Crippen molar-refractivity contribution in [2.24, 2.45) is 11.7 Å². The molecule has 1 saturated carbocycles. The second-order valence-corrected chi connectivity index (χ2v) is 14.4. The molecule has 6 N–H and O–H groups in total. The largest absolute Gasteiger partial charge is 0.503 e. The molecular weight excluding hydrogens is 682 g/mol. The van der Waals surface area contributed by atoms with Gasteiger partial charge in [0.2, 0.25) is 5.78 Å². The molecular formula is C38H35N7O8. The minimum absolute atomic E-state index is 0.102. The van der Waals surface area contributed by atoms with Crippen LogP contribution in [0.3, 0.4) is 0 Å². The molecule has 2 atom stereocenters. The number of aryl methyl sites for hydroxylation is 1. The van der Waals surface area contributed by atoms with Gasteiger partial charge >= 0.3 is 6.03 Å². The number of ketones is 1. The first-order valence-electron chi connectivity index (χ1n) is 17.4. The second kappa shape index (κ2) is 10.4. The van der Waals surface area contributed by atoms with E-state index >= 15 is 0 Å². The first-order valence-corrected chi connectivity index (χ1v) is 17.4. The maximum Gasteiger partial charge on any atom is 0.319 e. The van der Waals surface area contributed by atoms with Gasteiger partial charge in [0, 0.05) is 53.8 Å². The van der Waals surface area contributed by atoms with E-state index in [1.807, 2.05) is 13.1 Å². The number of piperidine rings is 1. The molecule has 15 nitrogen and oxygen atoms in total. The lowest BCUT2D eigenvalue weighted by molar-refractivity contribution is 0.0806. The zero-order chi connectivity index (χ0) is 36.8. The van der Waals surface area contributed by atoms with Gasteiger partial charge in [0.1, 0.15) is 11.4 Å². The Kier molecular flexibility index (Phi) is 6.13. The van der Waals surface area contributed by atoms with E-state index in [2.05, 4.69) is 15.0 Å². The number of aromatic nitrogens is 3. The summed E-state index contributed by atoms with van der Waals surface area (Å²) < 4.78 is 17.1. The molecule has 2 aliphatic carbocycles. The number of primary amides is 1. The molecule has 5 aliphatic rings. The number of urea groups is 1. The molecule has 2 fully saturated rings. The number of nitrogens with zero attached hydrogens (tertiary/aromatic N) is 3. The summed E-state index contributed by atoms with van der Waals surface area (Å²) in [6, 6.07) is 2.84. The predicted octanol–water partition coefficient (Wildman–Crippen LogP) is 4.16. The molecule has 53 heavy (non-hydrogen) atoms. The second-order valence-electron chi connectivity index (χ2n) is 14.4. The predicted molar refractivity (Wildman–Crippen MR) is 193 cm³/mol. The number of benzene rings is 2. The Hall–Kier alpha value is -6.38. The normalized spacial score (nSPS) is 20.7. The van der Waals surface area contributed by atoms with Crippen molar-refractivity contribution in [3.8, 4) is 23.0 Å². The van der Waals surface area contributed by atoms with Crippen molar-refractivity contribution >= 4 is 56.8 Å². The summed E-state index contributed by atoms with van der Waals surface area (Å²) >= 11 is 0. The van der Waals surface area contributed by atoms with Gasteiger partial charge in [-0.15, -0.1) is 0 Å². The summed E-state index contributed by atoms with van der Waals surface area (Å²) in [5.74, 6) is -0.0817.